The molecule has 0 bridgehead atoms. The predicted molar refractivity (Wildman–Crippen MR) is 124 cm³/mol. The zero-order valence-corrected chi connectivity index (χ0v) is 18.7. The Kier molecular flexibility index (Phi) is 6.36. The lowest BCUT2D eigenvalue weighted by atomic mass is 10.2. The molecule has 168 valence electrons. The molecule has 0 saturated heterocycles. The summed E-state index contributed by atoms with van der Waals surface area (Å²) in [6.45, 7) is 0.377. The third-order valence-corrected chi connectivity index (χ3v) is 6.02. The minimum Gasteiger partial charge on any atom is -0.351 e. The zero-order valence-electron chi connectivity index (χ0n) is 17.9. The van der Waals surface area contributed by atoms with Gasteiger partial charge in [0.2, 0.25) is 5.91 Å². The van der Waals surface area contributed by atoms with E-state index in [4.69, 9.17) is 0 Å². The van der Waals surface area contributed by atoms with Crippen molar-refractivity contribution in [2.45, 2.75) is 11.6 Å². The SMILES string of the molecule is Cn1c(=O)c2c(SCC(=O)NCc3ccccc3)nc(-c3ccc(F)cc3)nc2n(C)c1=O. The largest absolute Gasteiger partial charge is 0.351 e. The van der Waals surface area contributed by atoms with Crippen LogP contribution in [0.4, 0.5) is 4.39 Å². The van der Waals surface area contributed by atoms with Crippen LogP contribution in [-0.2, 0) is 25.4 Å². The van der Waals surface area contributed by atoms with Crippen LogP contribution in [0.15, 0.2) is 69.2 Å². The molecule has 0 aliphatic carbocycles. The second-order valence-electron chi connectivity index (χ2n) is 7.31. The number of aryl methyl sites for hydroxylation is 1. The average molecular weight is 466 g/mol. The van der Waals surface area contributed by atoms with Gasteiger partial charge in [0, 0.05) is 26.2 Å². The maximum atomic E-state index is 13.4. The van der Waals surface area contributed by atoms with Crippen LogP contribution in [0.3, 0.4) is 0 Å². The molecule has 2 aromatic heterocycles. The van der Waals surface area contributed by atoms with Gasteiger partial charge in [0.05, 0.1) is 5.75 Å². The summed E-state index contributed by atoms with van der Waals surface area (Å²) in [4.78, 5) is 46.6. The topological polar surface area (TPSA) is 98.9 Å². The Hall–Kier alpha value is -3.79. The van der Waals surface area contributed by atoms with E-state index in [-0.39, 0.29) is 33.5 Å². The number of benzene rings is 2. The van der Waals surface area contributed by atoms with Crippen LogP contribution < -0.4 is 16.6 Å². The number of carbonyl (C=O) groups is 1. The molecular weight excluding hydrogens is 445 g/mol. The third-order valence-electron chi connectivity index (χ3n) is 5.04. The van der Waals surface area contributed by atoms with Crippen LogP contribution in [-0.4, -0.2) is 30.8 Å². The zero-order chi connectivity index (χ0) is 23.5. The van der Waals surface area contributed by atoms with Gasteiger partial charge in [0.1, 0.15) is 16.2 Å². The fraction of sp³-hybridized carbons (Fsp3) is 0.174. The van der Waals surface area contributed by atoms with E-state index in [1.54, 1.807) is 0 Å². The lowest BCUT2D eigenvalue weighted by Crippen LogP contribution is -2.37. The van der Waals surface area contributed by atoms with Crippen molar-refractivity contribution in [2.75, 3.05) is 5.75 Å². The summed E-state index contributed by atoms with van der Waals surface area (Å²) in [7, 11) is 2.88. The van der Waals surface area contributed by atoms with E-state index in [0.717, 1.165) is 21.9 Å². The molecule has 0 unspecified atom stereocenters. The number of hydrogen-bond donors (Lipinski definition) is 1. The van der Waals surface area contributed by atoms with E-state index < -0.39 is 17.1 Å². The maximum Gasteiger partial charge on any atom is 0.332 e. The van der Waals surface area contributed by atoms with E-state index in [1.807, 2.05) is 30.3 Å². The smallest absolute Gasteiger partial charge is 0.332 e. The van der Waals surface area contributed by atoms with Gasteiger partial charge in [-0.2, -0.15) is 0 Å². The van der Waals surface area contributed by atoms with Gasteiger partial charge in [-0.15, -0.1) is 0 Å². The fourth-order valence-electron chi connectivity index (χ4n) is 3.24. The molecule has 0 saturated carbocycles. The van der Waals surface area contributed by atoms with Crippen molar-refractivity contribution < 1.29 is 9.18 Å². The molecule has 0 atom stereocenters. The van der Waals surface area contributed by atoms with Gasteiger partial charge in [0.25, 0.3) is 5.56 Å². The molecule has 0 fully saturated rings. The molecule has 2 aromatic carbocycles. The highest BCUT2D eigenvalue weighted by Gasteiger charge is 2.19. The molecule has 8 nitrogen and oxygen atoms in total. The number of aromatic nitrogens is 4. The van der Waals surface area contributed by atoms with E-state index >= 15 is 0 Å². The number of nitrogens with zero attached hydrogens (tertiary/aromatic N) is 4. The van der Waals surface area contributed by atoms with Crippen molar-refractivity contribution in [1.82, 2.24) is 24.4 Å². The number of thioether (sulfide) groups is 1. The van der Waals surface area contributed by atoms with Crippen LogP contribution >= 0.6 is 11.8 Å². The molecule has 0 spiro atoms. The summed E-state index contributed by atoms with van der Waals surface area (Å²) in [5, 5.41) is 3.25. The summed E-state index contributed by atoms with van der Waals surface area (Å²) in [5.74, 6) is -0.419. The number of amides is 1. The first-order chi connectivity index (χ1) is 15.8. The highest BCUT2D eigenvalue weighted by molar-refractivity contribution is 8.00. The molecule has 33 heavy (non-hydrogen) atoms. The van der Waals surface area contributed by atoms with Gasteiger partial charge in [-0.25, -0.2) is 19.2 Å². The Morgan fingerprint density at radius 1 is 1.00 bits per heavy atom. The van der Waals surface area contributed by atoms with E-state index in [2.05, 4.69) is 15.3 Å². The normalized spacial score (nSPS) is 11.0. The van der Waals surface area contributed by atoms with E-state index in [0.29, 0.717) is 12.1 Å². The molecule has 10 heteroatoms. The van der Waals surface area contributed by atoms with Gasteiger partial charge < -0.3 is 5.32 Å². The van der Waals surface area contributed by atoms with Gasteiger partial charge >= 0.3 is 5.69 Å². The monoisotopic (exact) mass is 465 g/mol. The maximum absolute atomic E-state index is 13.4. The molecular formula is C23H20FN5O3S. The standard InChI is InChI=1S/C23H20FN5O3S/c1-28-20-18(22(31)29(2)23(28)32)21(27-19(26-20)15-8-10-16(24)11-9-15)33-13-17(30)25-12-14-6-4-3-5-7-14/h3-11H,12-13H2,1-2H3,(H,25,30). The number of halogens is 1. The first-order valence-electron chi connectivity index (χ1n) is 10.0. The van der Waals surface area contributed by atoms with Crippen LogP contribution in [0.25, 0.3) is 22.4 Å². The lowest BCUT2D eigenvalue weighted by molar-refractivity contribution is -0.118. The summed E-state index contributed by atoms with van der Waals surface area (Å²) < 4.78 is 15.6. The number of fused-ring (bicyclic) bond motifs is 1. The first kappa shape index (κ1) is 22.4. The Balaban J connectivity index is 1.70. The van der Waals surface area contributed by atoms with Crippen LogP contribution in [0, 0.1) is 5.82 Å². The molecule has 4 rings (SSSR count). The summed E-state index contributed by atoms with van der Waals surface area (Å²) in [6, 6.07) is 15.1. The van der Waals surface area contributed by atoms with Crippen LogP contribution in [0.5, 0.6) is 0 Å². The molecule has 1 amide bonds. The number of carbonyl (C=O) groups excluding carboxylic acids is 1. The van der Waals surface area contributed by atoms with Gasteiger partial charge in [-0.1, -0.05) is 42.1 Å². The Labute approximate surface area is 192 Å². The van der Waals surface area contributed by atoms with Gasteiger partial charge in [-0.05, 0) is 29.8 Å². The minimum atomic E-state index is -0.550. The third kappa shape index (κ3) is 4.70. The minimum absolute atomic E-state index is 0.00774. The number of nitrogens with one attached hydrogen (secondary N) is 1. The quantitative estimate of drug-likeness (QED) is 0.346. The fourth-order valence-corrected chi connectivity index (χ4v) is 4.09. The van der Waals surface area contributed by atoms with Crippen molar-refractivity contribution in [3.05, 3.63) is 86.8 Å². The molecule has 4 aromatic rings. The number of rotatable bonds is 6. The Bertz CT molecular complexity index is 1450. The lowest BCUT2D eigenvalue weighted by Gasteiger charge is -2.12. The number of hydrogen-bond acceptors (Lipinski definition) is 6. The van der Waals surface area contributed by atoms with Crippen LogP contribution in [0.1, 0.15) is 5.56 Å². The Morgan fingerprint density at radius 3 is 2.39 bits per heavy atom. The molecule has 1 N–H and O–H groups in total. The summed E-state index contributed by atoms with van der Waals surface area (Å²) >= 11 is 1.08. The molecule has 0 aliphatic rings. The van der Waals surface area contributed by atoms with Crippen LogP contribution in [0.2, 0.25) is 0 Å². The van der Waals surface area contributed by atoms with Crippen molar-refractivity contribution in [2.24, 2.45) is 14.1 Å². The molecule has 2 heterocycles. The average Bonchev–Trinajstić information content (AvgIpc) is 2.84. The highest BCUT2D eigenvalue weighted by atomic mass is 32.2. The van der Waals surface area contributed by atoms with Gasteiger partial charge in [0.15, 0.2) is 11.5 Å². The first-order valence-corrected chi connectivity index (χ1v) is 11.0. The second-order valence-corrected chi connectivity index (χ2v) is 8.28. The van der Waals surface area contributed by atoms with Crippen molar-refractivity contribution in [1.29, 1.82) is 0 Å². The van der Waals surface area contributed by atoms with E-state index in [1.165, 1.54) is 42.9 Å². The van der Waals surface area contributed by atoms with Crippen molar-refractivity contribution in [3.63, 3.8) is 0 Å². The Morgan fingerprint density at radius 2 is 1.70 bits per heavy atom. The van der Waals surface area contributed by atoms with Gasteiger partial charge in [-0.3, -0.25) is 18.7 Å². The summed E-state index contributed by atoms with van der Waals surface area (Å²) in [5.41, 5.74) is 0.538. The van der Waals surface area contributed by atoms with Crippen molar-refractivity contribution in [3.8, 4) is 11.4 Å². The predicted octanol–water partition coefficient (Wildman–Crippen LogP) is 2.24. The second kappa shape index (κ2) is 9.37. The van der Waals surface area contributed by atoms with E-state index in [9.17, 15) is 18.8 Å². The highest BCUT2D eigenvalue weighted by Crippen LogP contribution is 2.26. The van der Waals surface area contributed by atoms with Crippen molar-refractivity contribution >= 4 is 28.7 Å². The summed E-state index contributed by atoms with van der Waals surface area (Å²) in [6.07, 6.45) is 0. The molecule has 0 aliphatic heterocycles. The molecule has 0 radical (unpaired) electrons.